The van der Waals surface area contributed by atoms with Crippen LogP contribution in [0.5, 0.6) is 0 Å². The number of imidazole rings is 1. The number of carbonyl (C=O) groups is 2. The standard InChI is InChI=1S/C12H16N4O2/c17-11-7-10(12(18)16(11)9-1-2-9)14-4-6-15-5-3-13-8-15/h3,5,8-10,14H,1-2,4,6-7H2. The molecule has 96 valence electrons. The van der Waals surface area contributed by atoms with Crippen molar-refractivity contribution in [2.45, 2.75) is 37.9 Å². The zero-order chi connectivity index (χ0) is 12.5. The lowest BCUT2D eigenvalue weighted by Crippen LogP contribution is -2.40. The van der Waals surface area contributed by atoms with Crippen molar-refractivity contribution in [2.75, 3.05) is 6.54 Å². The fourth-order valence-electron chi connectivity index (χ4n) is 2.31. The van der Waals surface area contributed by atoms with Gasteiger partial charge in [0.05, 0.1) is 18.8 Å². The lowest BCUT2D eigenvalue weighted by Gasteiger charge is -2.14. The van der Waals surface area contributed by atoms with Gasteiger partial charge in [0.25, 0.3) is 0 Å². The smallest absolute Gasteiger partial charge is 0.247 e. The van der Waals surface area contributed by atoms with E-state index in [1.54, 1.807) is 12.5 Å². The van der Waals surface area contributed by atoms with Crippen molar-refractivity contribution in [1.29, 1.82) is 0 Å². The number of amides is 2. The zero-order valence-electron chi connectivity index (χ0n) is 10.1. The summed E-state index contributed by atoms with van der Waals surface area (Å²) in [7, 11) is 0. The number of hydrogen-bond donors (Lipinski definition) is 1. The van der Waals surface area contributed by atoms with Gasteiger partial charge in [0, 0.05) is 31.5 Å². The second-order valence-corrected chi connectivity index (χ2v) is 4.84. The van der Waals surface area contributed by atoms with Crippen LogP contribution in [0, 0.1) is 0 Å². The molecule has 1 unspecified atom stereocenters. The molecule has 1 aromatic heterocycles. The van der Waals surface area contributed by atoms with Gasteiger partial charge in [0.2, 0.25) is 11.8 Å². The highest BCUT2D eigenvalue weighted by Gasteiger charge is 2.45. The van der Waals surface area contributed by atoms with Crippen molar-refractivity contribution in [3.63, 3.8) is 0 Å². The highest BCUT2D eigenvalue weighted by molar-refractivity contribution is 6.06. The molecule has 18 heavy (non-hydrogen) atoms. The van der Waals surface area contributed by atoms with Crippen molar-refractivity contribution in [2.24, 2.45) is 0 Å². The van der Waals surface area contributed by atoms with E-state index in [1.807, 2.05) is 10.8 Å². The largest absolute Gasteiger partial charge is 0.336 e. The van der Waals surface area contributed by atoms with E-state index in [4.69, 9.17) is 0 Å². The number of hydrogen-bond acceptors (Lipinski definition) is 4. The van der Waals surface area contributed by atoms with Gasteiger partial charge in [-0.25, -0.2) is 4.98 Å². The molecule has 1 saturated heterocycles. The number of rotatable bonds is 5. The van der Waals surface area contributed by atoms with Gasteiger partial charge in [-0.1, -0.05) is 0 Å². The number of nitrogens with zero attached hydrogens (tertiary/aromatic N) is 3. The summed E-state index contributed by atoms with van der Waals surface area (Å²) < 4.78 is 1.94. The molecule has 2 fully saturated rings. The van der Waals surface area contributed by atoms with Crippen LogP contribution >= 0.6 is 0 Å². The van der Waals surface area contributed by atoms with Crippen LogP contribution in [-0.4, -0.2) is 44.9 Å². The number of likely N-dealkylation sites (tertiary alicyclic amines) is 1. The molecule has 0 radical (unpaired) electrons. The van der Waals surface area contributed by atoms with E-state index in [0.29, 0.717) is 13.0 Å². The fraction of sp³-hybridized carbons (Fsp3) is 0.583. The first kappa shape index (κ1) is 11.4. The fourth-order valence-corrected chi connectivity index (χ4v) is 2.31. The molecular weight excluding hydrogens is 232 g/mol. The number of nitrogens with one attached hydrogen (secondary N) is 1. The van der Waals surface area contributed by atoms with E-state index in [0.717, 1.165) is 19.4 Å². The number of carbonyl (C=O) groups excluding carboxylic acids is 2. The average Bonchev–Trinajstić information content (AvgIpc) is 2.95. The Morgan fingerprint density at radius 1 is 1.39 bits per heavy atom. The summed E-state index contributed by atoms with van der Waals surface area (Å²) in [5.74, 6) is -0.0734. The highest BCUT2D eigenvalue weighted by atomic mass is 16.2. The molecule has 1 N–H and O–H groups in total. The maximum Gasteiger partial charge on any atom is 0.247 e. The van der Waals surface area contributed by atoms with Crippen LogP contribution in [0.2, 0.25) is 0 Å². The molecule has 6 nitrogen and oxygen atoms in total. The van der Waals surface area contributed by atoms with Gasteiger partial charge in [-0.3, -0.25) is 14.5 Å². The van der Waals surface area contributed by atoms with Crippen LogP contribution in [0.15, 0.2) is 18.7 Å². The Bertz CT molecular complexity index is 453. The molecule has 0 spiro atoms. The van der Waals surface area contributed by atoms with Crippen LogP contribution < -0.4 is 5.32 Å². The molecule has 2 aliphatic rings. The molecule has 0 aromatic carbocycles. The van der Waals surface area contributed by atoms with Crippen LogP contribution in [0.25, 0.3) is 0 Å². The van der Waals surface area contributed by atoms with Gasteiger partial charge in [-0.2, -0.15) is 0 Å². The molecule has 1 aromatic rings. The number of aromatic nitrogens is 2. The summed E-state index contributed by atoms with van der Waals surface area (Å²) >= 11 is 0. The summed E-state index contributed by atoms with van der Waals surface area (Å²) in [5, 5.41) is 3.15. The predicted octanol–water partition coefficient (Wildman–Crippen LogP) is -0.237. The Labute approximate surface area is 105 Å². The second kappa shape index (κ2) is 4.53. The Kier molecular flexibility index (Phi) is 2.87. The molecule has 2 amide bonds. The quantitative estimate of drug-likeness (QED) is 0.730. The van der Waals surface area contributed by atoms with Crippen LogP contribution in [-0.2, 0) is 16.1 Å². The molecule has 1 saturated carbocycles. The van der Waals surface area contributed by atoms with E-state index < -0.39 is 0 Å². The van der Waals surface area contributed by atoms with Crippen molar-refractivity contribution in [1.82, 2.24) is 19.8 Å². The molecular formula is C12H16N4O2. The maximum absolute atomic E-state index is 12.0. The van der Waals surface area contributed by atoms with Gasteiger partial charge in [-0.15, -0.1) is 0 Å². The lowest BCUT2D eigenvalue weighted by atomic mass is 10.2. The van der Waals surface area contributed by atoms with E-state index in [2.05, 4.69) is 10.3 Å². The van der Waals surface area contributed by atoms with Crippen molar-refractivity contribution < 1.29 is 9.59 Å². The minimum absolute atomic E-state index is 0.0253. The Hall–Kier alpha value is -1.69. The Balaban J connectivity index is 1.51. The molecule has 0 bridgehead atoms. The first-order chi connectivity index (χ1) is 8.75. The van der Waals surface area contributed by atoms with Gasteiger partial charge in [0.1, 0.15) is 0 Å². The second-order valence-electron chi connectivity index (χ2n) is 4.84. The third-order valence-corrected chi connectivity index (χ3v) is 3.41. The maximum atomic E-state index is 12.0. The summed E-state index contributed by atoms with van der Waals surface area (Å²) in [5.41, 5.74) is 0. The van der Waals surface area contributed by atoms with Crippen molar-refractivity contribution in [3.05, 3.63) is 18.7 Å². The van der Waals surface area contributed by atoms with Crippen LogP contribution in [0.1, 0.15) is 19.3 Å². The third-order valence-electron chi connectivity index (χ3n) is 3.41. The minimum atomic E-state index is -0.332. The monoisotopic (exact) mass is 248 g/mol. The van der Waals surface area contributed by atoms with E-state index in [9.17, 15) is 9.59 Å². The van der Waals surface area contributed by atoms with Gasteiger partial charge < -0.3 is 9.88 Å². The van der Waals surface area contributed by atoms with Gasteiger partial charge in [0.15, 0.2) is 0 Å². The minimum Gasteiger partial charge on any atom is -0.336 e. The topological polar surface area (TPSA) is 67.2 Å². The summed E-state index contributed by atoms with van der Waals surface area (Å²) in [6, 6.07) is -0.146. The Morgan fingerprint density at radius 2 is 2.22 bits per heavy atom. The number of imide groups is 1. The molecule has 1 atom stereocenters. The Morgan fingerprint density at radius 3 is 2.89 bits per heavy atom. The molecule has 1 aliphatic heterocycles. The van der Waals surface area contributed by atoms with E-state index >= 15 is 0 Å². The van der Waals surface area contributed by atoms with Crippen molar-refractivity contribution >= 4 is 11.8 Å². The third kappa shape index (κ3) is 2.15. The molecule has 6 heteroatoms. The van der Waals surface area contributed by atoms with Crippen molar-refractivity contribution in [3.8, 4) is 0 Å². The summed E-state index contributed by atoms with van der Waals surface area (Å²) in [6.45, 7) is 1.42. The molecule has 2 heterocycles. The average molecular weight is 248 g/mol. The lowest BCUT2D eigenvalue weighted by molar-refractivity contribution is -0.139. The van der Waals surface area contributed by atoms with Gasteiger partial charge in [-0.05, 0) is 12.8 Å². The predicted molar refractivity (Wildman–Crippen MR) is 63.5 cm³/mol. The first-order valence-corrected chi connectivity index (χ1v) is 6.31. The summed E-state index contributed by atoms with van der Waals surface area (Å²) in [6.07, 6.45) is 7.58. The SMILES string of the molecule is O=C1CC(NCCn2ccnc2)C(=O)N1C1CC1. The highest BCUT2D eigenvalue weighted by Crippen LogP contribution is 2.31. The normalized spacial score (nSPS) is 24.0. The van der Waals surface area contributed by atoms with E-state index in [-0.39, 0.29) is 23.9 Å². The molecule has 1 aliphatic carbocycles. The van der Waals surface area contributed by atoms with Gasteiger partial charge >= 0.3 is 0 Å². The summed E-state index contributed by atoms with van der Waals surface area (Å²) in [4.78, 5) is 29.1. The zero-order valence-corrected chi connectivity index (χ0v) is 10.1. The molecule has 3 rings (SSSR count). The van der Waals surface area contributed by atoms with Crippen LogP contribution in [0.3, 0.4) is 0 Å². The first-order valence-electron chi connectivity index (χ1n) is 6.31. The van der Waals surface area contributed by atoms with Crippen LogP contribution in [0.4, 0.5) is 0 Å². The van der Waals surface area contributed by atoms with E-state index in [1.165, 1.54) is 4.90 Å².